The number of H-pyrrole nitrogens is 1. The molecule has 0 fully saturated rings. The lowest BCUT2D eigenvalue weighted by Crippen LogP contribution is -2.41. The van der Waals surface area contributed by atoms with Gasteiger partial charge in [0.1, 0.15) is 6.61 Å². The first-order valence-electron chi connectivity index (χ1n) is 8.84. The second-order valence-corrected chi connectivity index (χ2v) is 6.46. The standard InChI is InChI=1S/C21H21N3O2/c25-21(26-14-17-9-5-2-6-10-17)24-12-11-18-20(23-15-22-18)19(24)13-16-7-3-1-4-8-16/h1-10,15,19H,11-14H2,(H,22,23). The monoisotopic (exact) mass is 347 g/mol. The summed E-state index contributed by atoms with van der Waals surface area (Å²) in [4.78, 5) is 22.3. The third-order valence-corrected chi connectivity index (χ3v) is 4.76. The molecule has 1 aromatic heterocycles. The van der Waals surface area contributed by atoms with E-state index in [0.29, 0.717) is 6.54 Å². The van der Waals surface area contributed by atoms with Crippen LogP contribution in [0.2, 0.25) is 0 Å². The maximum Gasteiger partial charge on any atom is 0.410 e. The fourth-order valence-corrected chi connectivity index (χ4v) is 3.42. The number of aromatic amines is 1. The van der Waals surface area contributed by atoms with Crippen LogP contribution in [0.1, 0.15) is 28.6 Å². The second-order valence-electron chi connectivity index (χ2n) is 6.46. The molecule has 0 spiro atoms. The van der Waals surface area contributed by atoms with Crippen molar-refractivity contribution in [3.05, 3.63) is 89.5 Å². The maximum absolute atomic E-state index is 12.8. The third-order valence-electron chi connectivity index (χ3n) is 4.76. The van der Waals surface area contributed by atoms with Crippen molar-refractivity contribution >= 4 is 6.09 Å². The number of rotatable bonds is 4. The number of nitrogens with one attached hydrogen (secondary N) is 1. The zero-order valence-corrected chi connectivity index (χ0v) is 14.5. The molecular weight excluding hydrogens is 326 g/mol. The molecule has 4 rings (SSSR count). The number of fused-ring (bicyclic) bond motifs is 1. The molecule has 1 amide bonds. The molecule has 5 heteroatoms. The summed E-state index contributed by atoms with van der Waals surface area (Å²) in [5, 5.41) is 0. The smallest absolute Gasteiger partial charge is 0.410 e. The number of amides is 1. The van der Waals surface area contributed by atoms with E-state index in [-0.39, 0.29) is 18.7 Å². The Bertz CT molecular complexity index is 861. The molecule has 2 heterocycles. The number of benzene rings is 2. The van der Waals surface area contributed by atoms with Gasteiger partial charge in [-0.2, -0.15) is 0 Å². The first-order valence-corrected chi connectivity index (χ1v) is 8.84. The molecule has 0 saturated carbocycles. The topological polar surface area (TPSA) is 58.2 Å². The average Bonchev–Trinajstić information content (AvgIpc) is 3.17. The highest BCUT2D eigenvalue weighted by Gasteiger charge is 2.33. The molecule has 0 bridgehead atoms. The van der Waals surface area contributed by atoms with Crippen molar-refractivity contribution in [2.24, 2.45) is 0 Å². The molecule has 1 aliphatic rings. The lowest BCUT2D eigenvalue weighted by molar-refractivity contribution is 0.0759. The quantitative estimate of drug-likeness (QED) is 0.779. The van der Waals surface area contributed by atoms with Gasteiger partial charge in [0.15, 0.2) is 0 Å². The Morgan fingerprint density at radius 1 is 1.08 bits per heavy atom. The Labute approximate surface area is 152 Å². The van der Waals surface area contributed by atoms with Gasteiger partial charge in [-0.05, 0) is 17.5 Å². The molecule has 0 saturated heterocycles. The van der Waals surface area contributed by atoms with Crippen LogP contribution in [-0.4, -0.2) is 27.5 Å². The summed E-state index contributed by atoms with van der Waals surface area (Å²) in [6.45, 7) is 0.905. The predicted octanol–water partition coefficient (Wildman–Crippen LogP) is 3.89. The minimum absolute atomic E-state index is 0.115. The second kappa shape index (κ2) is 7.44. The first kappa shape index (κ1) is 16.4. The molecule has 1 atom stereocenters. The van der Waals surface area contributed by atoms with Gasteiger partial charge in [0.05, 0.1) is 18.1 Å². The Kier molecular flexibility index (Phi) is 4.69. The SMILES string of the molecule is O=C(OCc1ccccc1)N1CCc2[nH]cnc2C1Cc1ccccc1. The highest BCUT2D eigenvalue weighted by atomic mass is 16.6. The molecule has 1 unspecified atom stereocenters. The summed E-state index contributed by atoms with van der Waals surface area (Å²) < 4.78 is 5.58. The van der Waals surface area contributed by atoms with Gasteiger partial charge in [0, 0.05) is 18.7 Å². The number of hydrogen-bond donors (Lipinski definition) is 1. The predicted molar refractivity (Wildman–Crippen MR) is 98.5 cm³/mol. The number of hydrogen-bond acceptors (Lipinski definition) is 3. The van der Waals surface area contributed by atoms with Crippen LogP contribution in [0.25, 0.3) is 0 Å². The number of carbonyl (C=O) groups is 1. The largest absolute Gasteiger partial charge is 0.445 e. The summed E-state index contributed by atoms with van der Waals surface area (Å²) >= 11 is 0. The van der Waals surface area contributed by atoms with Crippen LogP contribution in [0, 0.1) is 0 Å². The van der Waals surface area contributed by atoms with Crippen LogP contribution in [0.5, 0.6) is 0 Å². The normalized spacial score (nSPS) is 16.2. The Balaban J connectivity index is 1.52. The highest BCUT2D eigenvalue weighted by Crippen LogP contribution is 2.31. The molecule has 1 N–H and O–H groups in total. The molecule has 3 aromatic rings. The van der Waals surface area contributed by atoms with E-state index in [1.165, 1.54) is 5.56 Å². The Morgan fingerprint density at radius 3 is 2.50 bits per heavy atom. The molecule has 1 aliphatic heterocycles. The lowest BCUT2D eigenvalue weighted by Gasteiger charge is -2.34. The summed E-state index contributed by atoms with van der Waals surface area (Å²) in [5.74, 6) is 0. The number of carbonyl (C=O) groups excluding carboxylic acids is 1. The van der Waals surface area contributed by atoms with E-state index in [1.807, 2.05) is 48.5 Å². The first-order chi connectivity index (χ1) is 12.8. The Hall–Kier alpha value is -3.08. The number of aromatic nitrogens is 2. The average molecular weight is 347 g/mol. The minimum atomic E-state index is -0.288. The van der Waals surface area contributed by atoms with Gasteiger partial charge in [-0.15, -0.1) is 0 Å². The Morgan fingerprint density at radius 2 is 1.77 bits per heavy atom. The number of imidazole rings is 1. The van der Waals surface area contributed by atoms with Crippen molar-refractivity contribution in [1.82, 2.24) is 14.9 Å². The van der Waals surface area contributed by atoms with Crippen molar-refractivity contribution in [1.29, 1.82) is 0 Å². The van der Waals surface area contributed by atoms with Gasteiger partial charge in [0.25, 0.3) is 0 Å². The van der Waals surface area contributed by atoms with E-state index >= 15 is 0 Å². The van der Waals surface area contributed by atoms with Crippen LogP contribution in [0.4, 0.5) is 4.79 Å². The van der Waals surface area contributed by atoms with E-state index in [0.717, 1.165) is 29.8 Å². The zero-order valence-electron chi connectivity index (χ0n) is 14.5. The molecular formula is C21H21N3O2. The van der Waals surface area contributed by atoms with Crippen molar-refractivity contribution < 1.29 is 9.53 Å². The lowest BCUT2D eigenvalue weighted by atomic mass is 9.96. The van der Waals surface area contributed by atoms with Crippen molar-refractivity contribution in [2.45, 2.75) is 25.5 Å². The number of ether oxygens (including phenoxy) is 1. The van der Waals surface area contributed by atoms with Crippen LogP contribution >= 0.6 is 0 Å². The van der Waals surface area contributed by atoms with Crippen LogP contribution in [0.15, 0.2) is 67.0 Å². The molecule has 5 nitrogen and oxygen atoms in total. The van der Waals surface area contributed by atoms with Crippen LogP contribution in [-0.2, 0) is 24.2 Å². The van der Waals surface area contributed by atoms with Gasteiger partial charge in [-0.3, -0.25) is 4.90 Å². The fraction of sp³-hybridized carbons (Fsp3) is 0.238. The van der Waals surface area contributed by atoms with Crippen molar-refractivity contribution in [3.63, 3.8) is 0 Å². The van der Waals surface area contributed by atoms with E-state index in [2.05, 4.69) is 22.1 Å². The van der Waals surface area contributed by atoms with Crippen LogP contribution in [0.3, 0.4) is 0 Å². The van der Waals surface area contributed by atoms with Crippen LogP contribution < -0.4 is 0 Å². The van der Waals surface area contributed by atoms with E-state index in [4.69, 9.17) is 4.74 Å². The van der Waals surface area contributed by atoms with Crippen molar-refractivity contribution in [3.8, 4) is 0 Å². The van der Waals surface area contributed by atoms with E-state index < -0.39 is 0 Å². The maximum atomic E-state index is 12.8. The summed E-state index contributed by atoms with van der Waals surface area (Å²) in [7, 11) is 0. The molecule has 0 aliphatic carbocycles. The third kappa shape index (κ3) is 3.47. The zero-order chi connectivity index (χ0) is 17.8. The van der Waals surface area contributed by atoms with Gasteiger partial charge >= 0.3 is 6.09 Å². The van der Waals surface area contributed by atoms with Gasteiger partial charge in [-0.25, -0.2) is 9.78 Å². The number of nitrogens with zero attached hydrogens (tertiary/aromatic N) is 2. The van der Waals surface area contributed by atoms with E-state index in [9.17, 15) is 4.79 Å². The summed E-state index contributed by atoms with van der Waals surface area (Å²) in [6.07, 6.45) is 2.91. The fourth-order valence-electron chi connectivity index (χ4n) is 3.42. The molecule has 0 radical (unpaired) electrons. The summed E-state index contributed by atoms with van der Waals surface area (Å²) in [5.41, 5.74) is 4.21. The minimum Gasteiger partial charge on any atom is -0.445 e. The van der Waals surface area contributed by atoms with Crippen molar-refractivity contribution in [2.75, 3.05) is 6.54 Å². The van der Waals surface area contributed by atoms with Gasteiger partial charge in [-0.1, -0.05) is 60.7 Å². The highest BCUT2D eigenvalue weighted by molar-refractivity contribution is 5.69. The van der Waals surface area contributed by atoms with Gasteiger partial charge in [0.2, 0.25) is 0 Å². The summed E-state index contributed by atoms with van der Waals surface area (Å²) in [6, 6.07) is 19.8. The molecule has 26 heavy (non-hydrogen) atoms. The van der Waals surface area contributed by atoms with E-state index in [1.54, 1.807) is 11.2 Å². The molecule has 132 valence electrons. The van der Waals surface area contributed by atoms with Gasteiger partial charge < -0.3 is 9.72 Å². The molecule has 2 aromatic carbocycles.